The third-order valence-electron chi connectivity index (χ3n) is 1.59. The van der Waals surface area contributed by atoms with E-state index in [1.807, 2.05) is 0 Å². The normalized spacial score (nSPS) is 24.0. The lowest BCUT2D eigenvalue weighted by Crippen LogP contribution is -2.24. The summed E-state index contributed by atoms with van der Waals surface area (Å²) in [5.41, 5.74) is 2.30. The van der Waals surface area contributed by atoms with Crippen molar-refractivity contribution in [1.82, 2.24) is 10.6 Å². The van der Waals surface area contributed by atoms with Gasteiger partial charge in [0.05, 0.1) is 11.4 Å². The molecular formula is C6H8N3. The van der Waals surface area contributed by atoms with Crippen molar-refractivity contribution in [2.45, 2.75) is 6.42 Å². The number of hydrogen-bond donors (Lipinski definition) is 1. The fraction of sp³-hybridized carbons (Fsp3) is 0.500. The smallest absolute Gasteiger partial charge is 0.116 e. The molecule has 3 heteroatoms. The van der Waals surface area contributed by atoms with Crippen LogP contribution in [0, 0.1) is 0 Å². The number of hydrogen-bond acceptors (Lipinski definition) is 2. The number of nitrogens with one attached hydrogen (secondary N) is 1. The molecule has 0 bridgehead atoms. The van der Waals surface area contributed by atoms with Crippen LogP contribution in [0.15, 0.2) is 16.4 Å². The first-order chi connectivity index (χ1) is 4.47. The highest BCUT2D eigenvalue weighted by Gasteiger charge is 2.14. The zero-order chi connectivity index (χ0) is 6.10. The maximum atomic E-state index is 4.11. The van der Waals surface area contributed by atoms with Crippen LogP contribution >= 0.6 is 0 Å². The van der Waals surface area contributed by atoms with E-state index in [1.54, 1.807) is 6.34 Å². The van der Waals surface area contributed by atoms with Crippen molar-refractivity contribution in [3.8, 4) is 0 Å². The molecule has 0 aliphatic carbocycles. The van der Waals surface area contributed by atoms with Gasteiger partial charge in [-0.25, -0.2) is 10.3 Å². The van der Waals surface area contributed by atoms with Crippen molar-refractivity contribution < 1.29 is 0 Å². The van der Waals surface area contributed by atoms with Crippen molar-refractivity contribution in [1.29, 1.82) is 0 Å². The van der Waals surface area contributed by atoms with Crippen molar-refractivity contribution in [3.05, 3.63) is 11.4 Å². The summed E-state index contributed by atoms with van der Waals surface area (Å²) in [6, 6.07) is 0. The Bertz CT molecular complexity index is 181. The van der Waals surface area contributed by atoms with Gasteiger partial charge in [-0.1, -0.05) is 0 Å². The number of nitrogens with zero attached hydrogens (tertiary/aromatic N) is 2. The molecule has 0 spiro atoms. The molecule has 2 aliphatic rings. The second-order valence-corrected chi connectivity index (χ2v) is 2.19. The molecule has 2 aliphatic heterocycles. The van der Waals surface area contributed by atoms with Crippen molar-refractivity contribution in [3.63, 3.8) is 0 Å². The highest BCUT2D eigenvalue weighted by Crippen LogP contribution is 2.14. The molecule has 0 aromatic carbocycles. The molecule has 0 unspecified atom stereocenters. The van der Waals surface area contributed by atoms with Crippen LogP contribution in [-0.2, 0) is 0 Å². The van der Waals surface area contributed by atoms with Crippen LogP contribution in [-0.4, -0.2) is 19.4 Å². The molecule has 0 amide bonds. The van der Waals surface area contributed by atoms with Gasteiger partial charge in [-0.2, -0.15) is 0 Å². The first-order valence-corrected chi connectivity index (χ1v) is 3.13. The van der Waals surface area contributed by atoms with Crippen LogP contribution in [0.3, 0.4) is 0 Å². The van der Waals surface area contributed by atoms with E-state index in [4.69, 9.17) is 0 Å². The highest BCUT2D eigenvalue weighted by atomic mass is 15.1. The lowest BCUT2D eigenvalue weighted by molar-refractivity contribution is 0.664. The maximum Gasteiger partial charge on any atom is 0.116 e. The van der Waals surface area contributed by atoms with Crippen molar-refractivity contribution >= 4 is 6.34 Å². The van der Waals surface area contributed by atoms with E-state index >= 15 is 0 Å². The van der Waals surface area contributed by atoms with E-state index in [-0.39, 0.29) is 0 Å². The predicted octanol–water partition coefficient (Wildman–Crippen LogP) is -0.162. The summed E-state index contributed by atoms with van der Waals surface area (Å²) >= 11 is 0. The third-order valence-corrected chi connectivity index (χ3v) is 1.59. The van der Waals surface area contributed by atoms with E-state index in [9.17, 15) is 0 Å². The summed E-state index contributed by atoms with van der Waals surface area (Å²) in [6.45, 7) is 1.95. The Kier molecular flexibility index (Phi) is 1.02. The molecule has 0 atom stereocenters. The topological polar surface area (TPSA) is 38.5 Å². The molecule has 1 N–H and O–H groups in total. The molecule has 0 saturated heterocycles. The molecule has 0 saturated carbocycles. The Labute approximate surface area is 53.9 Å². The van der Waals surface area contributed by atoms with Crippen LogP contribution in [0.1, 0.15) is 6.42 Å². The SMILES string of the molecule is C1=NC2=C(CCNC2)[N]1. The van der Waals surface area contributed by atoms with Gasteiger partial charge >= 0.3 is 0 Å². The second-order valence-electron chi connectivity index (χ2n) is 2.19. The zero-order valence-electron chi connectivity index (χ0n) is 5.09. The lowest BCUT2D eigenvalue weighted by atomic mass is 10.2. The van der Waals surface area contributed by atoms with Gasteiger partial charge in [0.1, 0.15) is 6.34 Å². The standard InChI is InChI=1S/C6H8N3/c1-2-7-3-6-5(1)8-4-9-6/h4,7H,1-3H2. The first-order valence-electron chi connectivity index (χ1n) is 3.13. The Balaban J connectivity index is 2.24. The van der Waals surface area contributed by atoms with Crippen LogP contribution in [0.5, 0.6) is 0 Å². The molecule has 2 rings (SSSR count). The van der Waals surface area contributed by atoms with Gasteiger partial charge < -0.3 is 5.32 Å². The number of aliphatic imine (C=N–C) groups is 1. The molecule has 0 fully saturated rings. The summed E-state index contributed by atoms with van der Waals surface area (Å²) in [5, 5.41) is 7.33. The minimum absolute atomic E-state index is 0.898. The van der Waals surface area contributed by atoms with Gasteiger partial charge in [-0.05, 0) is 0 Å². The Hall–Kier alpha value is -0.830. The van der Waals surface area contributed by atoms with Crippen molar-refractivity contribution in [2.75, 3.05) is 13.1 Å². The summed E-state index contributed by atoms with van der Waals surface area (Å²) in [7, 11) is 0. The molecule has 1 radical (unpaired) electrons. The zero-order valence-corrected chi connectivity index (χ0v) is 5.09. The first kappa shape index (κ1) is 4.99. The Morgan fingerprint density at radius 1 is 1.44 bits per heavy atom. The molecule has 47 valence electrons. The van der Waals surface area contributed by atoms with E-state index in [0.29, 0.717) is 0 Å². The van der Waals surface area contributed by atoms with Crippen LogP contribution in [0.4, 0.5) is 0 Å². The minimum Gasteiger partial charge on any atom is -0.311 e. The molecule has 9 heavy (non-hydrogen) atoms. The van der Waals surface area contributed by atoms with Gasteiger partial charge in [0, 0.05) is 19.5 Å². The van der Waals surface area contributed by atoms with E-state index in [0.717, 1.165) is 25.2 Å². The molecular weight excluding hydrogens is 114 g/mol. The monoisotopic (exact) mass is 122 g/mol. The van der Waals surface area contributed by atoms with Gasteiger partial charge in [-0.15, -0.1) is 0 Å². The fourth-order valence-corrected chi connectivity index (χ4v) is 1.09. The number of rotatable bonds is 0. The highest BCUT2D eigenvalue weighted by molar-refractivity contribution is 5.63. The average molecular weight is 122 g/mol. The average Bonchev–Trinajstić information content (AvgIpc) is 2.33. The molecule has 0 aromatic rings. The summed E-state index contributed by atoms with van der Waals surface area (Å²) in [4.78, 5) is 4.08. The Morgan fingerprint density at radius 3 is 3.33 bits per heavy atom. The fourth-order valence-electron chi connectivity index (χ4n) is 1.09. The third kappa shape index (κ3) is 0.733. The van der Waals surface area contributed by atoms with Gasteiger partial charge in [0.2, 0.25) is 0 Å². The lowest BCUT2D eigenvalue weighted by Gasteiger charge is -2.11. The Morgan fingerprint density at radius 2 is 2.44 bits per heavy atom. The van der Waals surface area contributed by atoms with Gasteiger partial charge in [0.15, 0.2) is 0 Å². The molecule has 2 heterocycles. The van der Waals surface area contributed by atoms with Crippen LogP contribution in [0.25, 0.3) is 0 Å². The van der Waals surface area contributed by atoms with Gasteiger partial charge in [0.25, 0.3) is 0 Å². The van der Waals surface area contributed by atoms with Crippen LogP contribution in [0.2, 0.25) is 0 Å². The summed E-state index contributed by atoms with van der Waals surface area (Å²) in [6.07, 6.45) is 2.67. The largest absolute Gasteiger partial charge is 0.311 e. The minimum atomic E-state index is 0.898. The predicted molar refractivity (Wildman–Crippen MR) is 35.1 cm³/mol. The molecule has 3 nitrogen and oxygen atoms in total. The summed E-state index contributed by atoms with van der Waals surface area (Å²) < 4.78 is 0. The maximum absolute atomic E-state index is 4.11. The summed E-state index contributed by atoms with van der Waals surface area (Å²) in [5.74, 6) is 0. The van der Waals surface area contributed by atoms with E-state index < -0.39 is 0 Å². The van der Waals surface area contributed by atoms with Crippen molar-refractivity contribution in [2.24, 2.45) is 4.99 Å². The van der Waals surface area contributed by atoms with E-state index in [1.165, 1.54) is 5.70 Å². The second kappa shape index (κ2) is 1.84. The molecule has 0 aromatic heterocycles. The quantitative estimate of drug-likeness (QED) is 0.476. The van der Waals surface area contributed by atoms with Crippen LogP contribution < -0.4 is 10.6 Å². The van der Waals surface area contributed by atoms with Gasteiger partial charge in [-0.3, -0.25) is 0 Å². The van der Waals surface area contributed by atoms with E-state index in [2.05, 4.69) is 15.6 Å².